The third-order valence-electron chi connectivity index (χ3n) is 2.97. The van der Waals surface area contributed by atoms with Gasteiger partial charge >= 0.3 is 0 Å². The van der Waals surface area contributed by atoms with Gasteiger partial charge in [0.1, 0.15) is 0 Å². The van der Waals surface area contributed by atoms with Gasteiger partial charge in [0.2, 0.25) is 0 Å². The molecule has 1 aromatic carbocycles. The van der Waals surface area contributed by atoms with Gasteiger partial charge < -0.3 is 5.32 Å². The first-order valence-electron chi connectivity index (χ1n) is 5.70. The van der Waals surface area contributed by atoms with E-state index in [0.29, 0.717) is 0 Å². The van der Waals surface area contributed by atoms with Crippen molar-refractivity contribution < 1.29 is 0 Å². The lowest BCUT2D eigenvalue weighted by molar-refractivity contribution is 0.588. The summed E-state index contributed by atoms with van der Waals surface area (Å²) < 4.78 is 0. The Hall–Kier alpha value is -0.340. The molecule has 2 heteroatoms. The molecule has 0 spiro atoms. The first-order chi connectivity index (χ1) is 7.27. The number of hydrogen-bond donors (Lipinski definition) is 1. The second kappa shape index (κ2) is 4.89. The van der Waals surface area contributed by atoms with Gasteiger partial charge in [0.05, 0.1) is 4.95 Å². The van der Waals surface area contributed by atoms with Crippen LogP contribution in [0.3, 0.4) is 0 Å². The van der Waals surface area contributed by atoms with Crippen molar-refractivity contribution in [2.75, 3.05) is 7.05 Å². The van der Waals surface area contributed by atoms with Crippen molar-refractivity contribution in [2.45, 2.75) is 45.0 Å². The van der Waals surface area contributed by atoms with E-state index in [-0.39, 0.29) is 10.4 Å². The Bertz CT molecular complexity index is 354. The molecular formula is C14H22BrN. The van der Waals surface area contributed by atoms with Crippen LogP contribution >= 0.6 is 15.9 Å². The molecule has 1 rings (SSSR count). The van der Waals surface area contributed by atoms with Crippen molar-refractivity contribution >= 4 is 15.9 Å². The van der Waals surface area contributed by atoms with E-state index < -0.39 is 0 Å². The highest BCUT2D eigenvalue weighted by molar-refractivity contribution is 9.09. The average molecular weight is 284 g/mol. The first kappa shape index (κ1) is 13.7. The Kier molecular flexibility index (Phi) is 4.19. The van der Waals surface area contributed by atoms with Crippen LogP contribution in [0.25, 0.3) is 0 Å². The maximum atomic E-state index is 3.65. The molecule has 1 N–H and O–H groups in total. The molecule has 0 aromatic heterocycles. The second-order valence-corrected chi connectivity index (χ2v) is 6.34. The van der Waals surface area contributed by atoms with E-state index in [9.17, 15) is 0 Å². The van der Waals surface area contributed by atoms with Gasteiger partial charge in [-0.2, -0.15) is 0 Å². The summed E-state index contributed by atoms with van der Waals surface area (Å²) in [5.74, 6) is 0. The van der Waals surface area contributed by atoms with Crippen LogP contribution < -0.4 is 5.32 Å². The van der Waals surface area contributed by atoms with E-state index in [0.717, 1.165) is 0 Å². The number of rotatable bonds is 2. The van der Waals surface area contributed by atoms with Gasteiger partial charge in [0, 0.05) is 0 Å². The molecule has 90 valence electrons. The molecule has 1 atom stereocenters. The quantitative estimate of drug-likeness (QED) is 0.633. The van der Waals surface area contributed by atoms with E-state index in [2.05, 4.69) is 68.0 Å². The van der Waals surface area contributed by atoms with Crippen LogP contribution in [0.2, 0.25) is 0 Å². The van der Waals surface area contributed by atoms with Crippen LogP contribution in [0, 0.1) is 13.8 Å². The lowest BCUT2D eigenvalue weighted by atomic mass is 9.84. The van der Waals surface area contributed by atoms with Gasteiger partial charge in [-0.15, -0.1) is 0 Å². The smallest absolute Gasteiger partial charge is 0.0889 e. The summed E-state index contributed by atoms with van der Waals surface area (Å²) in [5.41, 5.74) is 5.68. The standard InChI is InChI=1S/C14H22BrN/c1-9-7-11(14(3,4)5)8-10(2)12(9)13(15)16-6/h7-8,13,16H,1-6H3. The molecule has 16 heavy (non-hydrogen) atoms. The zero-order valence-corrected chi connectivity index (χ0v) is 12.7. The van der Waals surface area contributed by atoms with Crippen molar-refractivity contribution in [1.82, 2.24) is 5.32 Å². The summed E-state index contributed by atoms with van der Waals surface area (Å²) >= 11 is 3.65. The molecule has 0 aliphatic carbocycles. The van der Waals surface area contributed by atoms with Crippen molar-refractivity contribution in [3.8, 4) is 0 Å². The summed E-state index contributed by atoms with van der Waals surface area (Å²) in [5, 5.41) is 3.24. The Balaban J connectivity index is 3.28. The fraction of sp³-hybridized carbons (Fsp3) is 0.571. The van der Waals surface area contributed by atoms with E-state index in [1.807, 2.05) is 7.05 Å². The fourth-order valence-electron chi connectivity index (χ4n) is 1.95. The molecule has 0 radical (unpaired) electrons. The minimum atomic E-state index is 0.218. The molecule has 0 fully saturated rings. The molecule has 0 saturated carbocycles. The van der Waals surface area contributed by atoms with Crippen LogP contribution in [-0.4, -0.2) is 7.05 Å². The molecule has 1 unspecified atom stereocenters. The minimum Gasteiger partial charge on any atom is -0.304 e. The van der Waals surface area contributed by atoms with Gasteiger partial charge in [0.15, 0.2) is 0 Å². The Labute approximate surface area is 108 Å². The van der Waals surface area contributed by atoms with Crippen molar-refractivity contribution in [2.24, 2.45) is 0 Å². The van der Waals surface area contributed by atoms with E-state index in [1.54, 1.807) is 0 Å². The zero-order chi connectivity index (χ0) is 12.5. The lowest BCUT2D eigenvalue weighted by Gasteiger charge is -2.23. The molecule has 0 heterocycles. The normalized spacial score (nSPS) is 13.9. The molecule has 0 aliphatic heterocycles. The number of aryl methyl sites for hydroxylation is 2. The predicted octanol–water partition coefficient (Wildman–Crippen LogP) is 4.21. The largest absolute Gasteiger partial charge is 0.304 e. The zero-order valence-electron chi connectivity index (χ0n) is 11.1. The molecular weight excluding hydrogens is 262 g/mol. The Morgan fingerprint density at radius 3 is 1.88 bits per heavy atom. The van der Waals surface area contributed by atoms with Gasteiger partial charge in [-0.25, -0.2) is 0 Å². The summed E-state index contributed by atoms with van der Waals surface area (Å²) in [6.45, 7) is 11.1. The highest BCUT2D eigenvalue weighted by atomic mass is 79.9. The van der Waals surface area contributed by atoms with E-state index in [1.165, 1.54) is 22.3 Å². The minimum absolute atomic E-state index is 0.218. The van der Waals surface area contributed by atoms with Crippen LogP contribution in [0.5, 0.6) is 0 Å². The number of benzene rings is 1. The number of alkyl halides is 1. The van der Waals surface area contributed by atoms with E-state index in [4.69, 9.17) is 0 Å². The van der Waals surface area contributed by atoms with Crippen LogP contribution in [0.15, 0.2) is 12.1 Å². The maximum Gasteiger partial charge on any atom is 0.0889 e. The summed E-state index contributed by atoms with van der Waals surface area (Å²) in [7, 11) is 1.97. The molecule has 0 aliphatic rings. The fourth-order valence-corrected chi connectivity index (χ4v) is 2.67. The van der Waals surface area contributed by atoms with Crippen LogP contribution in [-0.2, 0) is 5.41 Å². The maximum absolute atomic E-state index is 3.65. The third-order valence-corrected chi connectivity index (χ3v) is 3.88. The highest BCUT2D eigenvalue weighted by Crippen LogP contribution is 2.31. The molecule has 0 saturated heterocycles. The topological polar surface area (TPSA) is 12.0 Å². The third kappa shape index (κ3) is 2.86. The number of hydrogen-bond acceptors (Lipinski definition) is 1. The van der Waals surface area contributed by atoms with Crippen molar-refractivity contribution in [3.05, 3.63) is 34.4 Å². The van der Waals surface area contributed by atoms with E-state index >= 15 is 0 Å². The van der Waals surface area contributed by atoms with Crippen LogP contribution in [0.1, 0.15) is 48.0 Å². The lowest BCUT2D eigenvalue weighted by Crippen LogP contribution is -2.16. The van der Waals surface area contributed by atoms with Gasteiger partial charge in [0.25, 0.3) is 0 Å². The summed E-state index contributed by atoms with van der Waals surface area (Å²) in [6.07, 6.45) is 0. The summed E-state index contributed by atoms with van der Waals surface area (Å²) in [4.78, 5) is 0.238. The van der Waals surface area contributed by atoms with Crippen LogP contribution in [0.4, 0.5) is 0 Å². The molecule has 0 amide bonds. The molecule has 1 nitrogen and oxygen atoms in total. The number of halogens is 1. The molecule has 0 bridgehead atoms. The SMILES string of the molecule is CNC(Br)c1c(C)cc(C(C)(C)C)cc1C. The highest BCUT2D eigenvalue weighted by Gasteiger charge is 2.18. The van der Waals surface area contributed by atoms with Crippen molar-refractivity contribution in [3.63, 3.8) is 0 Å². The predicted molar refractivity (Wildman–Crippen MR) is 75.3 cm³/mol. The summed E-state index contributed by atoms with van der Waals surface area (Å²) in [6, 6.07) is 4.60. The average Bonchev–Trinajstić information content (AvgIpc) is 2.14. The number of nitrogens with one attached hydrogen (secondary N) is 1. The second-order valence-electron chi connectivity index (χ2n) is 5.42. The van der Waals surface area contributed by atoms with Gasteiger partial charge in [-0.05, 0) is 48.6 Å². The first-order valence-corrected chi connectivity index (χ1v) is 6.62. The van der Waals surface area contributed by atoms with Gasteiger partial charge in [-0.1, -0.05) is 48.8 Å². The Morgan fingerprint density at radius 2 is 1.56 bits per heavy atom. The Morgan fingerprint density at radius 1 is 1.12 bits per heavy atom. The monoisotopic (exact) mass is 283 g/mol. The van der Waals surface area contributed by atoms with Gasteiger partial charge in [-0.3, -0.25) is 0 Å². The molecule has 1 aromatic rings. The van der Waals surface area contributed by atoms with Crippen molar-refractivity contribution in [1.29, 1.82) is 0 Å².